The van der Waals surface area contributed by atoms with E-state index in [1.807, 2.05) is 0 Å². The number of nitrogens with one attached hydrogen (secondary N) is 1. The number of methoxy groups -OCH3 is 1. The van der Waals surface area contributed by atoms with Crippen LogP contribution in [0.5, 0.6) is 0 Å². The number of amides is 2. The van der Waals surface area contributed by atoms with Crippen LogP contribution in [-0.2, 0) is 14.3 Å². The lowest BCUT2D eigenvalue weighted by Gasteiger charge is -2.25. The van der Waals surface area contributed by atoms with Crippen LogP contribution in [0.4, 0.5) is 4.39 Å². The average Bonchev–Trinajstić information content (AvgIpc) is 2.80. The summed E-state index contributed by atoms with van der Waals surface area (Å²) in [5.41, 5.74) is 0.770. The summed E-state index contributed by atoms with van der Waals surface area (Å²) in [6.45, 7) is 1.09. The number of hydrogen-bond donors (Lipinski definition) is 1. The first-order valence-corrected chi connectivity index (χ1v) is 7.32. The molecule has 1 N–H and O–H groups in total. The largest absolute Gasteiger partial charge is 0.385 e. The fourth-order valence-electron chi connectivity index (χ4n) is 2.78. The predicted octanol–water partition coefficient (Wildman–Crippen LogP) is 1.50. The van der Waals surface area contributed by atoms with Gasteiger partial charge in [-0.1, -0.05) is 12.1 Å². The van der Waals surface area contributed by atoms with Crippen LogP contribution in [0.25, 0.3) is 0 Å². The van der Waals surface area contributed by atoms with Crippen molar-refractivity contribution in [3.8, 4) is 0 Å². The molecule has 0 radical (unpaired) electrons. The summed E-state index contributed by atoms with van der Waals surface area (Å²) in [5.74, 6) is -1.02. The molecule has 5 nitrogen and oxygen atoms in total. The van der Waals surface area contributed by atoms with Crippen molar-refractivity contribution in [3.05, 3.63) is 35.6 Å². The van der Waals surface area contributed by atoms with Crippen LogP contribution >= 0.6 is 0 Å². The van der Waals surface area contributed by atoms with Gasteiger partial charge in [0.25, 0.3) is 0 Å². The van der Waals surface area contributed by atoms with Crippen molar-refractivity contribution < 1.29 is 18.7 Å². The fraction of sp³-hybridized carbons (Fsp3) is 0.500. The summed E-state index contributed by atoms with van der Waals surface area (Å²) in [6.07, 6.45) is 0.897. The van der Waals surface area contributed by atoms with Crippen LogP contribution in [0, 0.1) is 11.7 Å². The molecule has 0 unspecified atom stereocenters. The Kier molecular flexibility index (Phi) is 5.49. The third-order valence-electron chi connectivity index (χ3n) is 3.96. The second-order valence-corrected chi connectivity index (χ2v) is 5.45. The molecular formula is C16H21FN2O3. The molecule has 0 bridgehead atoms. The number of halogens is 1. The van der Waals surface area contributed by atoms with Crippen LogP contribution in [0.15, 0.2) is 24.3 Å². The number of carbonyl (C=O) groups excluding carboxylic acids is 2. The van der Waals surface area contributed by atoms with Gasteiger partial charge in [0.1, 0.15) is 5.82 Å². The maximum Gasteiger partial charge on any atom is 0.226 e. The van der Waals surface area contributed by atoms with Crippen LogP contribution in [0.2, 0.25) is 0 Å². The number of carbonyl (C=O) groups is 2. The summed E-state index contributed by atoms with van der Waals surface area (Å²) in [4.78, 5) is 25.9. The average molecular weight is 308 g/mol. The van der Waals surface area contributed by atoms with E-state index >= 15 is 0 Å². The van der Waals surface area contributed by atoms with Gasteiger partial charge in [0.15, 0.2) is 0 Å². The number of benzene rings is 1. The molecule has 2 amide bonds. The molecule has 0 aliphatic carbocycles. The Bertz CT molecular complexity index is 533. The van der Waals surface area contributed by atoms with Crippen molar-refractivity contribution in [2.45, 2.75) is 18.9 Å². The molecule has 1 heterocycles. The molecule has 0 saturated carbocycles. The first-order chi connectivity index (χ1) is 10.5. The number of rotatable bonds is 6. The van der Waals surface area contributed by atoms with Gasteiger partial charge in [0.2, 0.25) is 11.8 Å². The van der Waals surface area contributed by atoms with E-state index < -0.39 is 5.92 Å². The minimum absolute atomic E-state index is 0.0774. The first kappa shape index (κ1) is 16.4. The van der Waals surface area contributed by atoms with Gasteiger partial charge in [0.05, 0.1) is 12.0 Å². The molecule has 1 aliphatic rings. The topological polar surface area (TPSA) is 58.6 Å². The minimum atomic E-state index is -0.453. The van der Waals surface area contributed by atoms with Crippen molar-refractivity contribution in [1.29, 1.82) is 0 Å². The summed E-state index contributed by atoms with van der Waals surface area (Å²) in [6, 6.07) is 5.59. The Morgan fingerprint density at radius 3 is 2.73 bits per heavy atom. The van der Waals surface area contributed by atoms with Crippen molar-refractivity contribution in [2.75, 3.05) is 27.3 Å². The lowest BCUT2D eigenvalue weighted by Crippen LogP contribution is -2.35. The predicted molar refractivity (Wildman–Crippen MR) is 79.5 cm³/mol. The summed E-state index contributed by atoms with van der Waals surface area (Å²) >= 11 is 0. The number of ether oxygens (including phenoxy) is 1. The molecule has 0 aromatic heterocycles. The lowest BCUT2D eigenvalue weighted by molar-refractivity contribution is -0.128. The van der Waals surface area contributed by atoms with Gasteiger partial charge in [-0.05, 0) is 24.1 Å². The third kappa shape index (κ3) is 3.62. The Balaban J connectivity index is 2.09. The van der Waals surface area contributed by atoms with E-state index in [9.17, 15) is 14.0 Å². The molecule has 120 valence electrons. The van der Waals surface area contributed by atoms with E-state index in [-0.39, 0.29) is 30.1 Å². The molecule has 1 aromatic rings. The molecule has 22 heavy (non-hydrogen) atoms. The van der Waals surface area contributed by atoms with Crippen molar-refractivity contribution in [3.63, 3.8) is 0 Å². The monoisotopic (exact) mass is 308 g/mol. The number of hydrogen-bond acceptors (Lipinski definition) is 3. The van der Waals surface area contributed by atoms with Crippen LogP contribution in [-0.4, -0.2) is 44.0 Å². The summed E-state index contributed by atoms with van der Waals surface area (Å²) in [7, 11) is 3.28. The van der Waals surface area contributed by atoms with E-state index in [0.29, 0.717) is 13.2 Å². The molecule has 6 heteroatoms. The SMILES string of the molecule is COCCCNC(=O)[C@H]1CC(=O)N(C)[C@@H]1c1ccc(F)cc1. The second-order valence-electron chi connectivity index (χ2n) is 5.45. The molecule has 0 spiro atoms. The molecule has 1 aromatic carbocycles. The molecule has 1 saturated heterocycles. The highest BCUT2D eigenvalue weighted by Crippen LogP contribution is 2.37. The normalized spacial score (nSPS) is 21.2. The molecule has 1 aliphatic heterocycles. The van der Waals surface area contributed by atoms with Gasteiger partial charge in [-0.2, -0.15) is 0 Å². The summed E-state index contributed by atoms with van der Waals surface area (Å²) in [5, 5.41) is 2.84. The van der Waals surface area contributed by atoms with Crippen LogP contribution < -0.4 is 5.32 Å². The fourth-order valence-corrected chi connectivity index (χ4v) is 2.78. The second kappa shape index (κ2) is 7.35. The minimum Gasteiger partial charge on any atom is -0.385 e. The van der Waals surface area contributed by atoms with E-state index in [1.54, 1.807) is 31.2 Å². The third-order valence-corrected chi connectivity index (χ3v) is 3.96. The smallest absolute Gasteiger partial charge is 0.226 e. The van der Waals surface area contributed by atoms with E-state index in [0.717, 1.165) is 12.0 Å². The van der Waals surface area contributed by atoms with Crippen LogP contribution in [0.3, 0.4) is 0 Å². The Morgan fingerprint density at radius 2 is 2.09 bits per heavy atom. The standard InChI is InChI=1S/C16H21FN2O3/c1-19-14(20)10-13(16(21)18-8-3-9-22-2)15(19)11-4-6-12(17)7-5-11/h4-7,13,15H,3,8-10H2,1-2H3,(H,18,21)/t13-,15+/m0/s1. The zero-order chi connectivity index (χ0) is 16.1. The number of nitrogens with zero attached hydrogens (tertiary/aromatic N) is 1. The molecule has 2 rings (SSSR count). The number of likely N-dealkylation sites (tertiary alicyclic amines) is 1. The van der Waals surface area contributed by atoms with Gasteiger partial charge in [-0.15, -0.1) is 0 Å². The van der Waals surface area contributed by atoms with E-state index in [4.69, 9.17) is 4.74 Å². The van der Waals surface area contributed by atoms with Crippen LogP contribution in [0.1, 0.15) is 24.4 Å². The lowest BCUT2D eigenvalue weighted by atomic mass is 9.93. The quantitative estimate of drug-likeness (QED) is 0.810. The highest BCUT2D eigenvalue weighted by Gasteiger charge is 2.42. The zero-order valence-corrected chi connectivity index (χ0v) is 12.8. The Hall–Kier alpha value is -1.95. The van der Waals surface area contributed by atoms with E-state index in [2.05, 4.69) is 5.32 Å². The maximum atomic E-state index is 13.1. The molecular weight excluding hydrogens is 287 g/mol. The van der Waals surface area contributed by atoms with Crippen molar-refractivity contribution in [2.24, 2.45) is 5.92 Å². The van der Waals surface area contributed by atoms with Crippen molar-refractivity contribution in [1.82, 2.24) is 10.2 Å². The summed E-state index contributed by atoms with van der Waals surface area (Å²) < 4.78 is 18.0. The Labute approximate surface area is 129 Å². The highest BCUT2D eigenvalue weighted by atomic mass is 19.1. The van der Waals surface area contributed by atoms with E-state index in [1.165, 1.54) is 12.1 Å². The zero-order valence-electron chi connectivity index (χ0n) is 12.8. The highest BCUT2D eigenvalue weighted by molar-refractivity contribution is 5.90. The van der Waals surface area contributed by atoms with Gasteiger partial charge < -0.3 is 15.0 Å². The van der Waals surface area contributed by atoms with Crippen molar-refractivity contribution >= 4 is 11.8 Å². The Morgan fingerprint density at radius 1 is 1.41 bits per heavy atom. The first-order valence-electron chi connectivity index (χ1n) is 7.32. The van der Waals surface area contributed by atoms with Gasteiger partial charge in [0, 0.05) is 33.7 Å². The van der Waals surface area contributed by atoms with Gasteiger partial charge in [-0.3, -0.25) is 9.59 Å². The molecule has 2 atom stereocenters. The molecule has 1 fully saturated rings. The maximum absolute atomic E-state index is 13.1. The van der Waals surface area contributed by atoms with Gasteiger partial charge in [-0.25, -0.2) is 4.39 Å². The van der Waals surface area contributed by atoms with Gasteiger partial charge >= 0.3 is 0 Å².